The third-order valence-electron chi connectivity index (χ3n) is 2.97. The fraction of sp³-hybridized carbons (Fsp3) is 0.0714. The summed E-state index contributed by atoms with van der Waals surface area (Å²) in [5, 5.41) is 8.83. The van der Waals surface area contributed by atoms with Crippen molar-refractivity contribution < 1.29 is 4.42 Å². The normalized spacial score (nSPS) is 10.6. The Morgan fingerprint density at radius 3 is 3.00 bits per heavy atom. The Bertz CT molecular complexity index is 886. The number of pyridine rings is 1. The van der Waals surface area contributed by atoms with E-state index in [-0.39, 0.29) is 0 Å². The lowest BCUT2D eigenvalue weighted by Crippen LogP contribution is -2.15. The van der Waals surface area contributed by atoms with E-state index in [0.717, 1.165) is 5.56 Å². The fourth-order valence-electron chi connectivity index (χ4n) is 2.05. The van der Waals surface area contributed by atoms with Gasteiger partial charge in [0, 0.05) is 11.9 Å². The minimum atomic E-state index is -0.457. The van der Waals surface area contributed by atoms with E-state index in [0.29, 0.717) is 29.0 Å². The van der Waals surface area contributed by atoms with Crippen molar-refractivity contribution >= 4 is 16.8 Å². The molecular formula is C14H10N4O2. The molecule has 0 bridgehead atoms. The Balaban J connectivity index is 2.10. The molecule has 0 aliphatic carbocycles. The average molecular weight is 266 g/mol. The number of benzene rings is 1. The van der Waals surface area contributed by atoms with E-state index in [1.165, 1.54) is 10.8 Å². The molecule has 1 aromatic carbocycles. The molecule has 0 fully saturated rings. The zero-order chi connectivity index (χ0) is 14.1. The van der Waals surface area contributed by atoms with Gasteiger partial charge < -0.3 is 10.2 Å². The van der Waals surface area contributed by atoms with E-state index in [9.17, 15) is 4.79 Å². The number of aromatic nitrogens is 2. The molecule has 0 aliphatic heterocycles. The van der Waals surface area contributed by atoms with Crippen LogP contribution in [-0.4, -0.2) is 9.55 Å². The standard InChI is InChI=1S/C14H10N4O2/c15-7-11-5-9(3-4-17-11)8-18-12-6-10(16)1-2-13(12)20-14(18)19/h1-6H,8,16H2. The van der Waals surface area contributed by atoms with Gasteiger partial charge in [0.1, 0.15) is 11.8 Å². The van der Waals surface area contributed by atoms with E-state index in [4.69, 9.17) is 15.4 Å². The molecule has 6 heteroatoms. The summed E-state index contributed by atoms with van der Waals surface area (Å²) < 4.78 is 6.63. The van der Waals surface area contributed by atoms with Gasteiger partial charge in [0.2, 0.25) is 0 Å². The van der Waals surface area contributed by atoms with Crippen molar-refractivity contribution in [3.63, 3.8) is 0 Å². The molecule has 0 saturated heterocycles. The summed E-state index contributed by atoms with van der Waals surface area (Å²) in [5.41, 5.74) is 8.50. The van der Waals surface area contributed by atoms with Crippen LogP contribution in [0, 0.1) is 11.3 Å². The summed E-state index contributed by atoms with van der Waals surface area (Å²) in [4.78, 5) is 15.8. The number of nitrogens with two attached hydrogens (primary N) is 1. The maximum atomic E-state index is 11.9. The second-order valence-corrected chi connectivity index (χ2v) is 4.34. The first-order valence-corrected chi connectivity index (χ1v) is 5.91. The van der Waals surface area contributed by atoms with Crippen molar-refractivity contribution in [3.8, 4) is 6.07 Å². The van der Waals surface area contributed by atoms with Gasteiger partial charge in [-0.15, -0.1) is 0 Å². The SMILES string of the molecule is N#Cc1cc(Cn2c(=O)oc3ccc(N)cc32)ccn1. The van der Waals surface area contributed by atoms with E-state index in [2.05, 4.69) is 4.98 Å². The third-order valence-corrected chi connectivity index (χ3v) is 2.97. The number of nitriles is 1. The highest BCUT2D eigenvalue weighted by Gasteiger charge is 2.10. The van der Waals surface area contributed by atoms with Crippen LogP contribution >= 0.6 is 0 Å². The Hall–Kier alpha value is -3.07. The summed E-state index contributed by atoms with van der Waals surface area (Å²) in [6.45, 7) is 0.298. The number of oxazole rings is 1. The van der Waals surface area contributed by atoms with Crippen LogP contribution in [0.15, 0.2) is 45.7 Å². The van der Waals surface area contributed by atoms with Gasteiger partial charge in [-0.2, -0.15) is 5.26 Å². The fourth-order valence-corrected chi connectivity index (χ4v) is 2.05. The third kappa shape index (κ3) is 2.01. The summed E-state index contributed by atoms with van der Waals surface area (Å²) >= 11 is 0. The van der Waals surface area contributed by atoms with Crippen LogP contribution in [0.2, 0.25) is 0 Å². The molecule has 98 valence electrons. The molecule has 0 radical (unpaired) electrons. The van der Waals surface area contributed by atoms with Crippen LogP contribution in [0.1, 0.15) is 11.3 Å². The van der Waals surface area contributed by atoms with Crippen molar-refractivity contribution in [2.24, 2.45) is 0 Å². The van der Waals surface area contributed by atoms with Crippen LogP contribution in [0.3, 0.4) is 0 Å². The van der Waals surface area contributed by atoms with Crippen LogP contribution in [0.25, 0.3) is 11.1 Å². The average Bonchev–Trinajstić information content (AvgIpc) is 2.75. The van der Waals surface area contributed by atoms with Gasteiger partial charge in [0.05, 0.1) is 12.1 Å². The molecule has 2 heterocycles. The van der Waals surface area contributed by atoms with Gasteiger partial charge in [0.25, 0.3) is 0 Å². The molecule has 0 atom stereocenters. The molecule has 0 spiro atoms. The zero-order valence-electron chi connectivity index (χ0n) is 10.4. The van der Waals surface area contributed by atoms with E-state index >= 15 is 0 Å². The molecule has 0 saturated carbocycles. The minimum absolute atomic E-state index is 0.298. The molecule has 3 aromatic rings. The van der Waals surface area contributed by atoms with Crippen molar-refractivity contribution in [1.82, 2.24) is 9.55 Å². The smallest absolute Gasteiger partial charge is 0.408 e. The highest BCUT2D eigenvalue weighted by Crippen LogP contribution is 2.17. The first-order chi connectivity index (χ1) is 9.67. The summed E-state index contributed by atoms with van der Waals surface area (Å²) in [7, 11) is 0. The van der Waals surface area contributed by atoms with Gasteiger partial charge in [-0.25, -0.2) is 9.78 Å². The topological polar surface area (TPSA) is 97.8 Å². The first kappa shape index (κ1) is 12.0. The predicted octanol–water partition coefficient (Wildman–Crippen LogP) is 1.49. The minimum Gasteiger partial charge on any atom is -0.408 e. The Kier molecular flexibility index (Phi) is 2.73. The van der Waals surface area contributed by atoms with E-state index in [1.807, 2.05) is 6.07 Å². The maximum Gasteiger partial charge on any atom is 0.420 e. The first-order valence-electron chi connectivity index (χ1n) is 5.91. The number of hydrogen-bond donors (Lipinski definition) is 1. The Morgan fingerprint density at radius 2 is 2.20 bits per heavy atom. The van der Waals surface area contributed by atoms with Crippen molar-refractivity contribution in [2.45, 2.75) is 6.54 Å². The number of rotatable bonds is 2. The van der Waals surface area contributed by atoms with Gasteiger partial charge in [-0.05, 0) is 35.9 Å². The maximum absolute atomic E-state index is 11.9. The number of fused-ring (bicyclic) bond motifs is 1. The Labute approximate surface area is 113 Å². The van der Waals surface area contributed by atoms with Crippen molar-refractivity contribution in [1.29, 1.82) is 5.26 Å². The second kappa shape index (κ2) is 4.55. The molecule has 0 aliphatic rings. The summed E-state index contributed by atoms with van der Waals surface area (Å²) in [5.74, 6) is -0.457. The van der Waals surface area contributed by atoms with Gasteiger partial charge in [-0.3, -0.25) is 4.57 Å². The summed E-state index contributed by atoms with van der Waals surface area (Å²) in [6, 6.07) is 10.4. The second-order valence-electron chi connectivity index (χ2n) is 4.34. The predicted molar refractivity (Wildman–Crippen MR) is 72.9 cm³/mol. The lowest BCUT2D eigenvalue weighted by atomic mass is 10.2. The van der Waals surface area contributed by atoms with Crippen LogP contribution in [0.5, 0.6) is 0 Å². The molecule has 20 heavy (non-hydrogen) atoms. The summed E-state index contributed by atoms with van der Waals surface area (Å²) in [6.07, 6.45) is 1.54. The quantitative estimate of drug-likeness (QED) is 0.708. The van der Waals surface area contributed by atoms with Crippen molar-refractivity contribution in [3.05, 3.63) is 58.3 Å². The molecule has 2 N–H and O–H groups in total. The van der Waals surface area contributed by atoms with E-state index in [1.54, 1.807) is 30.3 Å². The lowest BCUT2D eigenvalue weighted by Gasteiger charge is -2.03. The molecule has 0 unspecified atom stereocenters. The zero-order valence-corrected chi connectivity index (χ0v) is 10.4. The molecule has 2 aromatic heterocycles. The van der Waals surface area contributed by atoms with Crippen LogP contribution in [0.4, 0.5) is 5.69 Å². The largest absolute Gasteiger partial charge is 0.420 e. The highest BCUT2D eigenvalue weighted by molar-refractivity contribution is 5.77. The van der Waals surface area contributed by atoms with Gasteiger partial charge >= 0.3 is 5.76 Å². The highest BCUT2D eigenvalue weighted by atomic mass is 16.4. The van der Waals surface area contributed by atoms with E-state index < -0.39 is 5.76 Å². The number of nitrogen functional groups attached to an aromatic ring is 1. The monoisotopic (exact) mass is 266 g/mol. The van der Waals surface area contributed by atoms with Crippen LogP contribution in [-0.2, 0) is 6.54 Å². The van der Waals surface area contributed by atoms with Crippen LogP contribution < -0.4 is 11.5 Å². The van der Waals surface area contributed by atoms with Gasteiger partial charge in [0.15, 0.2) is 5.58 Å². The number of nitrogens with zero attached hydrogens (tertiary/aromatic N) is 3. The molecule has 6 nitrogen and oxygen atoms in total. The molecular weight excluding hydrogens is 256 g/mol. The number of anilines is 1. The lowest BCUT2D eigenvalue weighted by molar-refractivity contribution is 0.517. The van der Waals surface area contributed by atoms with Crippen molar-refractivity contribution in [2.75, 3.05) is 5.73 Å². The Morgan fingerprint density at radius 1 is 1.35 bits per heavy atom. The number of hydrogen-bond acceptors (Lipinski definition) is 5. The molecule has 0 amide bonds. The molecule has 3 rings (SSSR count). The van der Waals surface area contributed by atoms with Gasteiger partial charge in [-0.1, -0.05) is 0 Å².